The Hall–Kier alpha value is -2.34. The van der Waals surface area contributed by atoms with Gasteiger partial charge in [0.15, 0.2) is 0 Å². The number of amides is 2. The summed E-state index contributed by atoms with van der Waals surface area (Å²) in [6, 6.07) is 7.79. The second-order valence-electron chi connectivity index (χ2n) is 7.39. The molecule has 26 heavy (non-hydrogen) atoms. The molecule has 6 nitrogen and oxygen atoms in total. The van der Waals surface area contributed by atoms with Crippen LogP contribution in [0.15, 0.2) is 28.7 Å². The van der Waals surface area contributed by atoms with E-state index in [1.807, 2.05) is 41.0 Å². The van der Waals surface area contributed by atoms with Crippen LogP contribution < -0.4 is 5.73 Å². The van der Waals surface area contributed by atoms with Crippen molar-refractivity contribution in [3.63, 3.8) is 0 Å². The molecular formula is C20H25N3O3. The van der Waals surface area contributed by atoms with Gasteiger partial charge in [0.05, 0.1) is 0 Å². The van der Waals surface area contributed by atoms with E-state index < -0.39 is 0 Å². The van der Waals surface area contributed by atoms with E-state index in [0.29, 0.717) is 44.1 Å². The predicted molar refractivity (Wildman–Crippen MR) is 98.8 cm³/mol. The molecule has 2 amide bonds. The maximum atomic E-state index is 13.0. The standard InChI is InChI=1S/C20H25N3O3/c1-13-10-16-11-14(2-4-18(16)26-13)20(25)22-8-6-17-15(12-22)3-5-19(24)23(17)9-7-21/h2,4,10-11,15,17H,3,5-9,12,21H2,1H3. The third kappa shape index (κ3) is 2.98. The average molecular weight is 355 g/mol. The highest BCUT2D eigenvalue weighted by atomic mass is 16.3. The molecule has 3 heterocycles. The number of nitrogens with zero attached hydrogens (tertiary/aromatic N) is 2. The van der Waals surface area contributed by atoms with E-state index in [-0.39, 0.29) is 17.9 Å². The number of fused-ring (bicyclic) bond motifs is 2. The van der Waals surface area contributed by atoms with Crippen molar-refractivity contribution in [3.8, 4) is 0 Å². The largest absolute Gasteiger partial charge is 0.461 e. The molecular weight excluding hydrogens is 330 g/mol. The maximum absolute atomic E-state index is 13.0. The second-order valence-corrected chi connectivity index (χ2v) is 7.39. The van der Waals surface area contributed by atoms with Gasteiger partial charge in [-0.15, -0.1) is 0 Å². The van der Waals surface area contributed by atoms with Crippen LogP contribution in [0.1, 0.15) is 35.4 Å². The molecule has 138 valence electrons. The molecule has 0 spiro atoms. The van der Waals surface area contributed by atoms with Gasteiger partial charge >= 0.3 is 0 Å². The molecule has 1 aromatic heterocycles. The fourth-order valence-corrected chi connectivity index (χ4v) is 4.46. The zero-order valence-corrected chi connectivity index (χ0v) is 15.1. The van der Waals surface area contributed by atoms with Gasteiger partial charge in [0.25, 0.3) is 5.91 Å². The number of piperidine rings is 2. The molecule has 0 saturated carbocycles. The lowest BCUT2D eigenvalue weighted by Gasteiger charge is -2.47. The molecule has 0 bridgehead atoms. The highest BCUT2D eigenvalue weighted by Gasteiger charge is 2.40. The third-order valence-electron chi connectivity index (χ3n) is 5.69. The molecule has 2 aliphatic rings. The molecule has 2 aromatic rings. The summed E-state index contributed by atoms with van der Waals surface area (Å²) in [5, 5.41) is 0.959. The molecule has 2 saturated heterocycles. The first-order chi connectivity index (χ1) is 12.6. The first-order valence-electron chi connectivity index (χ1n) is 9.36. The molecule has 2 aliphatic heterocycles. The Bertz CT molecular complexity index is 844. The molecule has 4 rings (SSSR count). The van der Waals surface area contributed by atoms with Crippen molar-refractivity contribution in [1.29, 1.82) is 0 Å². The molecule has 2 N–H and O–H groups in total. The van der Waals surface area contributed by atoms with E-state index in [9.17, 15) is 9.59 Å². The summed E-state index contributed by atoms with van der Waals surface area (Å²) >= 11 is 0. The fourth-order valence-electron chi connectivity index (χ4n) is 4.46. The minimum Gasteiger partial charge on any atom is -0.461 e. The Morgan fingerprint density at radius 2 is 2.15 bits per heavy atom. The summed E-state index contributed by atoms with van der Waals surface area (Å²) in [5.74, 6) is 1.46. The predicted octanol–water partition coefficient (Wildman–Crippen LogP) is 2.15. The molecule has 0 aliphatic carbocycles. The lowest BCUT2D eigenvalue weighted by atomic mass is 9.83. The number of nitrogens with two attached hydrogens (primary N) is 1. The Labute approximate surface area is 152 Å². The van der Waals surface area contributed by atoms with Gasteiger partial charge in [0, 0.05) is 49.6 Å². The topological polar surface area (TPSA) is 79.8 Å². The molecule has 1 aromatic carbocycles. The van der Waals surface area contributed by atoms with E-state index in [1.165, 1.54) is 0 Å². The molecule has 2 unspecified atom stereocenters. The fraction of sp³-hybridized carbons (Fsp3) is 0.500. The van der Waals surface area contributed by atoms with Crippen molar-refractivity contribution in [2.75, 3.05) is 26.2 Å². The van der Waals surface area contributed by atoms with Crippen LogP contribution in [0, 0.1) is 12.8 Å². The van der Waals surface area contributed by atoms with E-state index in [2.05, 4.69) is 0 Å². The van der Waals surface area contributed by atoms with Gasteiger partial charge in [0.1, 0.15) is 11.3 Å². The number of aryl methyl sites for hydroxylation is 1. The van der Waals surface area contributed by atoms with Crippen molar-refractivity contribution in [3.05, 3.63) is 35.6 Å². The van der Waals surface area contributed by atoms with E-state index in [1.54, 1.807) is 0 Å². The van der Waals surface area contributed by atoms with E-state index in [0.717, 1.165) is 29.6 Å². The van der Waals surface area contributed by atoms with Crippen LogP contribution in [0.4, 0.5) is 0 Å². The van der Waals surface area contributed by atoms with Gasteiger partial charge in [-0.1, -0.05) is 0 Å². The smallest absolute Gasteiger partial charge is 0.253 e. The normalized spacial score (nSPS) is 23.4. The van der Waals surface area contributed by atoms with Crippen molar-refractivity contribution in [2.45, 2.75) is 32.2 Å². The van der Waals surface area contributed by atoms with E-state index in [4.69, 9.17) is 10.2 Å². The zero-order chi connectivity index (χ0) is 18.3. The van der Waals surface area contributed by atoms with Gasteiger partial charge in [-0.2, -0.15) is 0 Å². The second kappa shape index (κ2) is 6.76. The SMILES string of the molecule is Cc1cc2cc(C(=O)N3CCC4C(CCC(=O)N4CCN)C3)ccc2o1. The number of likely N-dealkylation sites (tertiary alicyclic amines) is 2. The summed E-state index contributed by atoms with van der Waals surface area (Å²) < 4.78 is 5.59. The Balaban J connectivity index is 1.50. The van der Waals surface area contributed by atoms with Crippen molar-refractivity contribution >= 4 is 22.8 Å². The Morgan fingerprint density at radius 1 is 1.31 bits per heavy atom. The van der Waals surface area contributed by atoms with Crippen LogP contribution in [0.2, 0.25) is 0 Å². The highest BCUT2D eigenvalue weighted by Crippen LogP contribution is 2.32. The number of furan rings is 1. The quantitative estimate of drug-likeness (QED) is 0.915. The number of hydrogen-bond donors (Lipinski definition) is 1. The number of carbonyl (C=O) groups excluding carboxylic acids is 2. The maximum Gasteiger partial charge on any atom is 0.253 e. The summed E-state index contributed by atoms with van der Waals surface area (Å²) in [5.41, 5.74) is 7.18. The average Bonchev–Trinajstić information content (AvgIpc) is 3.02. The number of carbonyl (C=O) groups is 2. The zero-order valence-electron chi connectivity index (χ0n) is 15.1. The van der Waals surface area contributed by atoms with Gasteiger partial charge in [-0.3, -0.25) is 9.59 Å². The van der Waals surface area contributed by atoms with Crippen molar-refractivity contribution < 1.29 is 14.0 Å². The molecule has 6 heteroatoms. The van der Waals surface area contributed by atoms with E-state index >= 15 is 0 Å². The van der Waals surface area contributed by atoms with Crippen LogP contribution >= 0.6 is 0 Å². The minimum absolute atomic E-state index is 0.0616. The van der Waals surface area contributed by atoms with Gasteiger partial charge in [0.2, 0.25) is 5.91 Å². The van der Waals surface area contributed by atoms with Crippen LogP contribution in [0.5, 0.6) is 0 Å². The van der Waals surface area contributed by atoms with Crippen molar-refractivity contribution in [2.24, 2.45) is 11.7 Å². The van der Waals surface area contributed by atoms with Crippen LogP contribution in [0.3, 0.4) is 0 Å². The molecule has 2 fully saturated rings. The highest BCUT2D eigenvalue weighted by molar-refractivity contribution is 5.98. The van der Waals surface area contributed by atoms with Gasteiger partial charge in [-0.05, 0) is 49.9 Å². The molecule has 0 radical (unpaired) electrons. The summed E-state index contributed by atoms with van der Waals surface area (Å²) in [4.78, 5) is 29.1. The lowest BCUT2D eigenvalue weighted by molar-refractivity contribution is -0.140. The summed E-state index contributed by atoms with van der Waals surface area (Å²) in [7, 11) is 0. The first-order valence-corrected chi connectivity index (χ1v) is 9.36. The van der Waals surface area contributed by atoms with Gasteiger partial charge < -0.3 is 20.0 Å². The summed E-state index contributed by atoms with van der Waals surface area (Å²) in [6.45, 7) is 4.40. The first kappa shape index (κ1) is 17.1. The monoisotopic (exact) mass is 355 g/mol. The Morgan fingerprint density at radius 3 is 2.96 bits per heavy atom. The van der Waals surface area contributed by atoms with Gasteiger partial charge in [-0.25, -0.2) is 0 Å². The summed E-state index contributed by atoms with van der Waals surface area (Å²) in [6.07, 6.45) is 2.24. The number of hydrogen-bond acceptors (Lipinski definition) is 4. The lowest BCUT2D eigenvalue weighted by Crippen LogP contribution is -2.57. The van der Waals surface area contributed by atoms with Crippen LogP contribution in [-0.2, 0) is 4.79 Å². The molecule has 2 atom stereocenters. The number of rotatable bonds is 3. The minimum atomic E-state index is 0.0616. The third-order valence-corrected chi connectivity index (χ3v) is 5.69. The Kier molecular flexibility index (Phi) is 4.44. The van der Waals surface area contributed by atoms with Crippen molar-refractivity contribution in [1.82, 2.24) is 9.80 Å². The number of benzene rings is 1. The van der Waals surface area contributed by atoms with Crippen LogP contribution in [0.25, 0.3) is 11.0 Å². The van der Waals surface area contributed by atoms with Crippen LogP contribution in [-0.4, -0.2) is 53.8 Å².